The molecule has 5 nitrogen and oxygen atoms in total. The van der Waals surface area contributed by atoms with Gasteiger partial charge < -0.3 is 15.4 Å². The summed E-state index contributed by atoms with van der Waals surface area (Å²) in [5.74, 6) is 1.28. The lowest BCUT2D eigenvalue weighted by Gasteiger charge is -2.22. The Morgan fingerprint density at radius 2 is 2.12 bits per heavy atom. The largest absolute Gasteiger partial charge is 0.381 e. The number of hydrogen-bond acceptors (Lipinski definition) is 6. The Morgan fingerprint density at radius 3 is 2.85 bits per heavy atom. The van der Waals surface area contributed by atoms with Gasteiger partial charge in [-0.1, -0.05) is 0 Å². The van der Waals surface area contributed by atoms with Crippen molar-refractivity contribution in [1.82, 2.24) is 10.3 Å². The molecule has 0 bridgehead atoms. The zero-order chi connectivity index (χ0) is 18.1. The molecule has 1 saturated carbocycles. The first-order valence-corrected chi connectivity index (χ1v) is 10.9. The lowest BCUT2D eigenvalue weighted by molar-refractivity contribution is 0.0662. The highest BCUT2D eigenvalue weighted by Crippen LogP contribution is 2.45. The molecule has 2 fully saturated rings. The lowest BCUT2D eigenvalue weighted by Crippen LogP contribution is -2.29. The van der Waals surface area contributed by atoms with E-state index in [1.165, 1.54) is 35.5 Å². The predicted molar refractivity (Wildman–Crippen MR) is 107 cm³/mol. The smallest absolute Gasteiger partial charge is 0.257 e. The molecule has 1 aliphatic heterocycles. The fourth-order valence-electron chi connectivity index (χ4n) is 3.52. The molecule has 7 heteroatoms. The van der Waals surface area contributed by atoms with Crippen molar-refractivity contribution in [3.8, 4) is 0 Å². The summed E-state index contributed by atoms with van der Waals surface area (Å²) in [6.45, 7) is 6.88. The minimum absolute atomic E-state index is 0.0268. The number of rotatable bonds is 6. The first kappa shape index (κ1) is 18.1. The van der Waals surface area contributed by atoms with Crippen LogP contribution in [-0.2, 0) is 4.74 Å². The molecular formula is C19H25N3O2S2. The zero-order valence-corrected chi connectivity index (χ0v) is 16.8. The average molecular weight is 392 g/mol. The van der Waals surface area contributed by atoms with Gasteiger partial charge in [-0.05, 0) is 51.6 Å². The third-order valence-electron chi connectivity index (χ3n) is 5.20. The van der Waals surface area contributed by atoms with Gasteiger partial charge in [0, 0.05) is 34.9 Å². The first-order chi connectivity index (χ1) is 12.6. The van der Waals surface area contributed by atoms with Crippen LogP contribution in [0.3, 0.4) is 0 Å². The summed E-state index contributed by atoms with van der Waals surface area (Å²) in [5, 5.41) is 8.45. The number of aryl methyl sites for hydroxylation is 2. The number of amides is 1. The fourth-order valence-corrected chi connectivity index (χ4v) is 5.39. The minimum Gasteiger partial charge on any atom is -0.381 e. The monoisotopic (exact) mass is 391 g/mol. The van der Waals surface area contributed by atoms with Crippen LogP contribution in [0.2, 0.25) is 0 Å². The van der Waals surface area contributed by atoms with Crippen LogP contribution in [0.25, 0.3) is 0 Å². The van der Waals surface area contributed by atoms with Crippen molar-refractivity contribution in [1.29, 1.82) is 0 Å². The molecule has 140 valence electrons. The number of aromatic nitrogens is 1. The van der Waals surface area contributed by atoms with Crippen LogP contribution >= 0.6 is 22.7 Å². The van der Waals surface area contributed by atoms with Crippen LogP contribution in [0.5, 0.6) is 0 Å². The van der Waals surface area contributed by atoms with Gasteiger partial charge in [0.2, 0.25) is 0 Å². The second-order valence-corrected chi connectivity index (χ2v) is 9.75. The summed E-state index contributed by atoms with van der Waals surface area (Å²) in [4.78, 5) is 19.2. The van der Waals surface area contributed by atoms with Crippen molar-refractivity contribution in [2.24, 2.45) is 5.92 Å². The Hall–Kier alpha value is -1.28. The van der Waals surface area contributed by atoms with E-state index in [-0.39, 0.29) is 5.91 Å². The molecule has 0 radical (unpaired) electrons. The molecule has 3 heterocycles. The van der Waals surface area contributed by atoms with Crippen LogP contribution in [0.15, 0.2) is 12.3 Å². The van der Waals surface area contributed by atoms with Gasteiger partial charge in [0.15, 0.2) is 0 Å². The predicted octanol–water partition coefficient (Wildman–Crippen LogP) is 3.95. The van der Waals surface area contributed by atoms with Gasteiger partial charge >= 0.3 is 0 Å². The van der Waals surface area contributed by atoms with E-state index in [0.29, 0.717) is 12.0 Å². The zero-order valence-electron chi connectivity index (χ0n) is 15.2. The summed E-state index contributed by atoms with van der Waals surface area (Å²) in [6, 6.07) is 2.65. The van der Waals surface area contributed by atoms with Crippen LogP contribution < -0.4 is 10.6 Å². The van der Waals surface area contributed by atoms with Crippen molar-refractivity contribution in [3.63, 3.8) is 0 Å². The Bertz CT molecular complexity index is 780. The number of nitrogens with one attached hydrogen (secondary N) is 2. The molecule has 2 N–H and O–H groups in total. The Kier molecular flexibility index (Phi) is 5.40. The highest BCUT2D eigenvalue weighted by molar-refractivity contribution is 7.15. The molecule has 2 aromatic rings. The quantitative estimate of drug-likeness (QED) is 0.783. The fraction of sp³-hybridized carbons (Fsp3) is 0.579. The summed E-state index contributed by atoms with van der Waals surface area (Å²) >= 11 is 3.27. The first-order valence-electron chi connectivity index (χ1n) is 9.25. The maximum atomic E-state index is 12.6. The van der Waals surface area contributed by atoms with Gasteiger partial charge in [-0.3, -0.25) is 4.79 Å². The van der Waals surface area contributed by atoms with Gasteiger partial charge in [-0.15, -0.1) is 22.7 Å². The number of ether oxygens (including phenoxy) is 1. The number of hydrogen-bond donors (Lipinski definition) is 2. The topological polar surface area (TPSA) is 63.2 Å². The Balaban J connectivity index is 1.32. The summed E-state index contributed by atoms with van der Waals surface area (Å²) < 4.78 is 5.43. The van der Waals surface area contributed by atoms with Crippen LogP contribution in [0.4, 0.5) is 5.00 Å². The molecule has 0 aromatic carbocycles. The number of thiophene rings is 1. The van der Waals surface area contributed by atoms with Gasteiger partial charge in [0.25, 0.3) is 5.91 Å². The normalized spacial score (nSPS) is 23.2. The van der Waals surface area contributed by atoms with E-state index in [4.69, 9.17) is 4.74 Å². The molecule has 4 rings (SSSR count). The third kappa shape index (κ3) is 4.17. The van der Waals surface area contributed by atoms with Crippen LogP contribution in [-0.4, -0.2) is 36.7 Å². The van der Waals surface area contributed by atoms with Gasteiger partial charge in [-0.25, -0.2) is 4.98 Å². The number of anilines is 1. The van der Waals surface area contributed by atoms with Crippen LogP contribution in [0.1, 0.15) is 50.3 Å². The molecule has 2 unspecified atom stereocenters. The van der Waals surface area contributed by atoms with E-state index in [9.17, 15) is 4.79 Å². The molecular weight excluding hydrogens is 366 g/mol. The third-order valence-corrected chi connectivity index (χ3v) is 7.22. The molecule has 0 spiro atoms. The maximum Gasteiger partial charge on any atom is 0.257 e. The minimum atomic E-state index is -0.0268. The van der Waals surface area contributed by atoms with E-state index in [2.05, 4.69) is 21.7 Å². The number of carbonyl (C=O) groups is 1. The summed E-state index contributed by atoms with van der Waals surface area (Å²) in [6.07, 6.45) is 5.24. The second-order valence-electron chi connectivity index (χ2n) is 7.23. The molecule has 1 amide bonds. The summed E-state index contributed by atoms with van der Waals surface area (Å²) in [7, 11) is 0. The van der Waals surface area contributed by atoms with E-state index >= 15 is 0 Å². The van der Waals surface area contributed by atoms with Gasteiger partial charge in [0.05, 0.1) is 16.8 Å². The molecule has 26 heavy (non-hydrogen) atoms. The van der Waals surface area contributed by atoms with Crippen molar-refractivity contribution in [3.05, 3.63) is 32.6 Å². The molecule has 2 atom stereocenters. The molecule has 1 saturated heterocycles. The Morgan fingerprint density at radius 1 is 1.31 bits per heavy atom. The Labute approximate surface area is 162 Å². The van der Waals surface area contributed by atoms with Gasteiger partial charge in [0.1, 0.15) is 5.00 Å². The standard InChI is InChI=1S/C19H25N3O2S2/c1-11-14(19(23)22-18-10-20-12(2)26-18)8-17(25-11)15-7-16(15)21-9-13-3-5-24-6-4-13/h8,10,13,15-16,21H,3-7,9H2,1-2H3,(H,22,23). The number of nitrogens with zero attached hydrogens (tertiary/aromatic N) is 1. The highest BCUT2D eigenvalue weighted by Gasteiger charge is 2.40. The SMILES string of the molecule is Cc1ncc(NC(=O)c2cc(C3CC3NCC3CCOCC3)sc2C)s1. The summed E-state index contributed by atoms with van der Waals surface area (Å²) in [5.41, 5.74) is 0.797. The molecule has 1 aliphatic carbocycles. The van der Waals surface area contributed by atoms with Crippen molar-refractivity contribution >= 4 is 33.6 Å². The van der Waals surface area contributed by atoms with Gasteiger partial charge in [-0.2, -0.15) is 0 Å². The van der Waals surface area contributed by atoms with E-state index < -0.39 is 0 Å². The van der Waals surface area contributed by atoms with E-state index in [0.717, 1.165) is 46.1 Å². The van der Waals surface area contributed by atoms with E-state index in [1.54, 1.807) is 17.5 Å². The molecule has 2 aromatic heterocycles. The lowest BCUT2D eigenvalue weighted by atomic mass is 10.0. The highest BCUT2D eigenvalue weighted by atomic mass is 32.1. The van der Waals surface area contributed by atoms with Crippen molar-refractivity contribution in [2.45, 2.75) is 45.1 Å². The van der Waals surface area contributed by atoms with Crippen molar-refractivity contribution in [2.75, 3.05) is 25.1 Å². The second kappa shape index (κ2) is 7.76. The molecule has 2 aliphatic rings. The van der Waals surface area contributed by atoms with Crippen LogP contribution in [0, 0.1) is 19.8 Å². The number of carbonyl (C=O) groups excluding carboxylic acids is 1. The van der Waals surface area contributed by atoms with E-state index in [1.807, 2.05) is 13.8 Å². The van der Waals surface area contributed by atoms with Crippen molar-refractivity contribution < 1.29 is 9.53 Å². The average Bonchev–Trinajstić information content (AvgIpc) is 3.14. The maximum absolute atomic E-state index is 12.6. The number of thiazole rings is 1.